The number of benzene rings is 1. The van der Waals surface area contributed by atoms with Gasteiger partial charge in [-0.3, -0.25) is 0 Å². The Hall–Kier alpha value is -0.500. The summed E-state index contributed by atoms with van der Waals surface area (Å²) in [5, 5.41) is 0. The van der Waals surface area contributed by atoms with E-state index < -0.39 is 0 Å². The second-order valence-corrected chi connectivity index (χ2v) is 3.73. The average molecular weight is 170 g/mol. The molecule has 0 unspecified atom stereocenters. The lowest BCUT2D eigenvalue weighted by Crippen LogP contribution is -1.80. The molecule has 11 heavy (non-hydrogen) atoms. The predicted molar refractivity (Wildman–Crippen MR) is 47.5 cm³/mol. The predicted octanol–water partition coefficient (Wildman–Crippen LogP) is 3.25. The molecule has 1 aromatic carbocycles. The number of hydrogen-bond acceptors (Lipinski definition) is 1. The van der Waals surface area contributed by atoms with Gasteiger partial charge in [0.15, 0.2) is 0 Å². The molecule has 0 atom stereocenters. The standard InChI is InChI=1S/C9H11FS/c1-3-11-9-5-7(2)4-8(10)6-9/h4-6H,3H2,1-2H3. The number of halogens is 1. The van der Waals surface area contributed by atoms with Crippen LogP contribution in [0.15, 0.2) is 23.1 Å². The number of thioether (sulfide) groups is 1. The van der Waals surface area contributed by atoms with Crippen LogP contribution >= 0.6 is 11.8 Å². The number of rotatable bonds is 2. The van der Waals surface area contributed by atoms with Crippen LogP contribution in [0.1, 0.15) is 12.5 Å². The van der Waals surface area contributed by atoms with E-state index in [1.165, 1.54) is 0 Å². The molecular weight excluding hydrogens is 159 g/mol. The van der Waals surface area contributed by atoms with Crippen LogP contribution < -0.4 is 0 Å². The summed E-state index contributed by atoms with van der Waals surface area (Å²) in [6.07, 6.45) is 0. The van der Waals surface area contributed by atoms with E-state index in [9.17, 15) is 4.39 Å². The summed E-state index contributed by atoms with van der Waals surface area (Å²) in [4.78, 5) is 1.02. The van der Waals surface area contributed by atoms with Crippen molar-refractivity contribution in [3.8, 4) is 0 Å². The molecule has 0 bridgehead atoms. The molecule has 0 aliphatic heterocycles. The Balaban J connectivity index is 2.89. The molecule has 2 heteroatoms. The van der Waals surface area contributed by atoms with E-state index in [1.54, 1.807) is 23.9 Å². The van der Waals surface area contributed by atoms with Crippen LogP contribution in [0, 0.1) is 12.7 Å². The third kappa shape index (κ3) is 2.54. The van der Waals surface area contributed by atoms with Crippen molar-refractivity contribution in [3.63, 3.8) is 0 Å². The molecule has 0 amide bonds. The lowest BCUT2D eigenvalue weighted by atomic mass is 10.2. The van der Waals surface area contributed by atoms with Crippen LogP contribution in [0.25, 0.3) is 0 Å². The van der Waals surface area contributed by atoms with Gasteiger partial charge in [0.05, 0.1) is 0 Å². The van der Waals surface area contributed by atoms with E-state index in [0.717, 1.165) is 16.2 Å². The van der Waals surface area contributed by atoms with Crippen LogP contribution in [0.3, 0.4) is 0 Å². The third-order valence-corrected chi connectivity index (χ3v) is 2.18. The maximum atomic E-state index is 12.7. The van der Waals surface area contributed by atoms with Crippen molar-refractivity contribution in [3.05, 3.63) is 29.6 Å². The van der Waals surface area contributed by atoms with Crippen LogP contribution in [0.5, 0.6) is 0 Å². The molecule has 1 rings (SSSR count). The Labute approximate surface area is 70.8 Å². The zero-order valence-electron chi connectivity index (χ0n) is 6.73. The summed E-state index contributed by atoms with van der Waals surface area (Å²) >= 11 is 1.66. The van der Waals surface area contributed by atoms with Gasteiger partial charge in [0.2, 0.25) is 0 Å². The van der Waals surface area contributed by atoms with Crippen molar-refractivity contribution in [2.75, 3.05) is 5.75 Å². The molecule has 0 fully saturated rings. The van der Waals surface area contributed by atoms with E-state index >= 15 is 0 Å². The summed E-state index contributed by atoms with van der Waals surface area (Å²) in [7, 11) is 0. The van der Waals surface area contributed by atoms with Gasteiger partial charge in [-0.1, -0.05) is 6.92 Å². The fraction of sp³-hybridized carbons (Fsp3) is 0.333. The topological polar surface area (TPSA) is 0 Å². The zero-order valence-corrected chi connectivity index (χ0v) is 7.54. The van der Waals surface area contributed by atoms with Crippen molar-refractivity contribution in [1.29, 1.82) is 0 Å². The van der Waals surface area contributed by atoms with Crippen LogP contribution in [-0.4, -0.2) is 5.75 Å². The third-order valence-electron chi connectivity index (χ3n) is 1.33. The quantitative estimate of drug-likeness (QED) is 0.614. The van der Waals surface area contributed by atoms with Gasteiger partial charge in [-0.15, -0.1) is 11.8 Å². The first-order valence-electron chi connectivity index (χ1n) is 3.62. The largest absolute Gasteiger partial charge is 0.207 e. The second kappa shape index (κ2) is 3.77. The highest BCUT2D eigenvalue weighted by atomic mass is 32.2. The molecule has 0 aliphatic carbocycles. The molecule has 60 valence electrons. The molecule has 0 spiro atoms. The number of aryl methyl sites for hydroxylation is 1. The Kier molecular flexibility index (Phi) is 2.94. The fourth-order valence-corrected chi connectivity index (χ4v) is 1.75. The molecule has 0 radical (unpaired) electrons. The second-order valence-electron chi connectivity index (χ2n) is 2.40. The summed E-state index contributed by atoms with van der Waals surface area (Å²) in [5.41, 5.74) is 0.987. The summed E-state index contributed by atoms with van der Waals surface area (Å²) in [5.74, 6) is 0.851. The van der Waals surface area contributed by atoms with Gasteiger partial charge in [0.25, 0.3) is 0 Å². The first-order chi connectivity index (χ1) is 5.22. The molecule has 0 saturated heterocycles. The molecule has 0 nitrogen and oxygen atoms in total. The normalized spacial score (nSPS) is 10.1. The minimum atomic E-state index is -0.138. The fourth-order valence-electron chi connectivity index (χ4n) is 0.953. The summed E-state index contributed by atoms with van der Waals surface area (Å²) < 4.78 is 12.7. The maximum Gasteiger partial charge on any atom is 0.124 e. The molecule has 0 N–H and O–H groups in total. The van der Waals surface area contributed by atoms with Gasteiger partial charge >= 0.3 is 0 Å². The van der Waals surface area contributed by atoms with Crippen molar-refractivity contribution >= 4 is 11.8 Å². The van der Waals surface area contributed by atoms with Crippen LogP contribution in [0.4, 0.5) is 4.39 Å². The average Bonchev–Trinajstić information content (AvgIpc) is 1.85. The number of hydrogen-bond donors (Lipinski definition) is 0. The van der Waals surface area contributed by atoms with Crippen molar-refractivity contribution in [2.24, 2.45) is 0 Å². The van der Waals surface area contributed by atoms with Gasteiger partial charge < -0.3 is 0 Å². The highest BCUT2D eigenvalue weighted by Crippen LogP contribution is 2.19. The Morgan fingerprint density at radius 3 is 2.64 bits per heavy atom. The smallest absolute Gasteiger partial charge is 0.124 e. The van der Waals surface area contributed by atoms with E-state index in [0.29, 0.717) is 0 Å². The van der Waals surface area contributed by atoms with Gasteiger partial charge in [-0.25, -0.2) is 4.39 Å². The Morgan fingerprint density at radius 1 is 1.36 bits per heavy atom. The Morgan fingerprint density at radius 2 is 2.09 bits per heavy atom. The van der Waals surface area contributed by atoms with Crippen LogP contribution in [-0.2, 0) is 0 Å². The maximum absolute atomic E-state index is 12.7. The lowest BCUT2D eigenvalue weighted by molar-refractivity contribution is 0.623. The molecule has 0 aliphatic rings. The van der Waals surface area contributed by atoms with Gasteiger partial charge in [0.1, 0.15) is 5.82 Å². The highest BCUT2D eigenvalue weighted by molar-refractivity contribution is 7.99. The van der Waals surface area contributed by atoms with E-state index in [2.05, 4.69) is 6.92 Å². The first-order valence-corrected chi connectivity index (χ1v) is 4.61. The van der Waals surface area contributed by atoms with Crippen LogP contribution in [0.2, 0.25) is 0 Å². The monoisotopic (exact) mass is 170 g/mol. The SMILES string of the molecule is CCSc1cc(C)cc(F)c1. The van der Waals surface area contributed by atoms with E-state index in [-0.39, 0.29) is 5.82 Å². The molecule has 0 heterocycles. The van der Waals surface area contributed by atoms with Crippen molar-refractivity contribution in [1.82, 2.24) is 0 Å². The minimum absolute atomic E-state index is 0.138. The van der Waals surface area contributed by atoms with Gasteiger partial charge in [-0.2, -0.15) is 0 Å². The summed E-state index contributed by atoms with van der Waals surface area (Å²) in [6, 6.07) is 5.11. The zero-order chi connectivity index (χ0) is 8.27. The molecule has 0 aromatic heterocycles. The van der Waals surface area contributed by atoms with Gasteiger partial charge in [0, 0.05) is 4.90 Å². The lowest BCUT2D eigenvalue weighted by Gasteiger charge is -1.99. The molecule has 0 saturated carbocycles. The Bertz CT molecular complexity index is 225. The van der Waals surface area contributed by atoms with E-state index in [1.807, 2.05) is 13.0 Å². The first kappa shape index (κ1) is 8.60. The molecular formula is C9H11FS. The highest BCUT2D eigenvalue weighted by Gasteiger charge is 1.96. The van der Waals surface area contributed by atoms with Gasteiger partial charge in [-0.05, 0) is 36.4 Å². The van der Waals surface area contributed by atoms with Crippen molar-refractivity contribution < 1.29 is 4.39 Å². The summed E-state index contributed by atoms with van der Waals surface area (Å²) in [6.45, 7) is 3.97. The van der Waals surface area contributed by atoms with Crippen molar-refractivity contribution in [2.45, 2.75) is 18.7 Å². The minimum Gasteiger partial charge on any atom is -0.207 e. The molecule has 1 aromatic rings. The van der Waals surface area contributed by atoms with E-state index in [4.69, 9.17) is 0 Å².